The highest BCUT2D eigenvalue weighted by Crippen LogP contribution is 2.35. The minimum atomic E-state index is -0.873. The second-order valence-corrected chi connectivity index (χ2v) is 9.77. The number of morpholine rings is 1. The van der Waals surface area contributed by atoms with Crippen molar-refractivity contribution in [3.8, 4) is 0 Å². The molecule has 1 N–H and O–H groups in total. The van der Waals surface area contributed by atoms with E-state index in [9.17, 15) is 9.59 Å². The lowest BCUT2D eigenvalue weighted by atomic mass is 9.76. The van der Waals surface area contributed by atoms with E-state index in [1.54, 1.807) is 0 Å². The maximum Gasteiger partial charge on any atom is 0.408 e. The Kier molecular flexibility index (Phi) is 5.96. The van der Waals surface area contributed by atoms with Crippen LogP contribution < -0.4 is 5.32 Å². The van der Waals surface area contributed by atoms with E-state index < -0.39 is 17.2 Å². The number of hydrogen-bond acceptors (Lipinski definition) is 4. The second kappa shape index (κ2) is 7.37. The molecule has 0 unspecified atom stereocenters. The van der Waals surface area contributed by atoms with Crippen LogP contribution in [0.5, 0.6) is 0 Å². The second-order valence-electron chi connectivity index (χ2n) is 9.77. The summed E-state index contributed by atoms with van der Waals surface area (Å²) in [6.07, 6.45) is 2.61. The highest BCUT2D eigenvalue weighted by atomic mass is 16.6. The van der Waals surface area contributed by atoms with Crippen molar-refractivity contribution in [1.29, 1.82) is 0 Å². The third-order valence-electron chi connectivity index (χ3n) is 5.13. The molecular weight excluding hydrogens is 332 g/mol. The first kappa shape index (κ1) is 21.0. The van der Waals surface area contributed by atoms with Gasteiger partial charge in [-0.25, -0.2) is 4.79 Å². The van der Waals surface area contributed by atoms with Gasteiger partial charge < -0.3 is 19.7 Å². The van der Waals surface area contributed by atoms with Gasteiger partial charge in [0.15, 0.2) is 0 Å². The third kappa shape index (κ3) is 5.35. The summed E-state index contributed by atoms with van der Waals surface area (Å²) < 4.78 is 11.4. The Labute approximate surface area is 158 Å². The van der Waals surface area contributed by atoms with E-state index in [4.69, 9.17) is 9.47 Å². The summed E-state index contributed by atoms with van der Waals surface area (Å²) in [7, 11) is 0. The first-order chi connectivity index (χ1) is 11.8. The van der Waals surface area contributed by atoms with Gasteiger partial charge in [0.05, 0.1) is 11.7 Å². The molecule has 2 aliphatic rings. The maximum atomic E-state index is 13.5. The molecule has 2 fully saturated rings. The van der Waals surface area contributed by atoms with Gasteiger partial charge in [-0.05, 0) is 73.1 Å². The number of carbonyl (C=O) groups is 2. The molecular formula is C20H36N2O4. The molecule has 150 valence electrons. The zero-order chi connectivity index (χ0) is 19.8. The topological polar surface area (TPSA) is 67.9 Å². The largest absolute Gasteiger partial charge is 0.444 e. The summed E-state index contributed by atoms with van der Waals surface area (Å²) >= 11 is 0. The van der Waals surface area contributed by atoms with Gasteiger partial charge in [0.1, 0.15) is 11.1 Å². The van der Waals surface area contributed by atoms with Gasteiger partial charge in [-0.2, -0.15) is 0 Å². The van der Waals surface area contributed by atoms with Crippen LogP contribution in [-0.4, -0.2) is 52.8 Å². The SMILES string of the molecule is CC1CCC(NC(=O)OC(C)(C)C)(C(=O)N2C[C@H](C)OC(C)(C)C2)CC1. The fourth-order valence-corrected chi connectivity index (χ4v) is 4.06. The van der Waals surface area contributed by atoms with Crippen LogP contribution in [0, 0.1) is 5.92 Å². The van der Waals surface area contributed by atoms with Crippen LogP contribution in [0.4, 0.5) is 4.79 Å². The van der Waals surface area contributed by atoms with Gasteiger partial charge >= 0.3 is 6.09 Å². The Bertz CT molecular complexity index is 530. The number of rotatable bonds is 2. The number of carbonyl (C=O) groups excluding carboxylic acids is 2. The van der Waals surface area contributed by atoms with Crippen molar-refractivity contribution >= 4 is 12.0 Å². The molecule has 1 atom stereocenters. The number of ether oxygens (including phenoxy) is 2. The lowest BCUT2D eigenvalue weighted by Gasteiger charge is -2.47. The van der Waals surface area contributed by atoms with Gasteiger partial charge in [0, 0.05) is 13.1 Å². The molecule has 0 aromatic heterocycles. The van der Waals surface area contributed by atoms with Crippen LogP contribution in [0.2, 0.25) is 0 Å². The summed E-state index contributed by atoms with van der Waals surface area (Å²) in [4.78, 5) is 27.8. The molecule has 6 nitrogen and oxygen atoms in total. The van der Waals surface area contributed by atoms with Gasteiger partial charge in [0.25, 0.3) is 0 Å². The molecule has 0 spiro atoms. The van der Waals surface area contributed by atoms with Gasteiger partial charge in [-0.3, -0.25) is 4.79 Å². The molecule has 2 amide bonds. The zero-order valence-electron chi connectivity index (χ0n) is 17.5. The van der Waals surface area contributed by atoms with Crippen LogP contribution in [0.25, 0.3) is 0 Å². The molecule has 2 rings (SSSR count). The first-order valence-electron chi connectivity index (χ1n) is 9.80. The number of hydrogen-bond donors (Lipinski definition) is 1. The Balaban J connectivity index is 2.20. The van der Waals surface area contributed by atoms with Crippen molar-refractivity contribution in [3.05, 3.63) is 0 Å². The molecule has 1 heterocycles. The number of alkyl carbamates (subject to hydrolysis) is 1. The van der Waals surface area contributed by atoms with Crippen LogP contribution in [0.1, 0.15) is 74.1 Å². The molecule has 6 heteroatoms. The number of amides is 2. The highest BCUT2D eigenvalue weighted by molar-refractivity contribution is 5.90. The van der Waals surface area contributed by atoms with Crippen molar-refractivity contribution in [2.24, 2.45) is 5.92 Å². The molecule has 26 heavy (non-hydrogen) atoms. The molecule has 0 aromatic rings. The zero-order valence-corrected chi connectivity index (χ0v) is 17.5. The van der Waals surface area contributed by atoms with E-state index in [0.29, 0.717) is 31.8 Å². The van der Waals surface area contributed by atoms with Crippen LogP contribution in [0.15, 0.2) is 0 Å². The summed E-state index contributed by atoms with van der Waals surface area (Å²) in [5, 5.41) is 2.96. The van der Waals surface area contributed by atoms with Crippen LogP contribution >= 0.6 is 0 Å². The Morgan fingerprint density at radius 3 is 2.23 bits per heavy atom. The standard InChI is InChI=1S/C20H36N2O4/c1-14-8-10-20(11-9-14,21-17(24)26-18(3,4)5)16(23)22-12-15(2)25-19(6,7)13-22/h14-15H,8-13H2,1-7H3,(H,21,24)/t14?,15-,20?/m0/s1. The van der Waals surface area contributed by atoms with Crippen molar-refractivity contribution in [2.75, 3.05) is 13.1 Å². The Morgan fingerprint density at radius 1 is 1.15 bits per heavy atom. The van der Waals surface area contributed by atoms with Crippen molar-refractivity contribution in [3.63, 3.8) is 0 Å². The minimum Gasteiger partial charge on any atom is -0.444 e. The Morgan fingerprint density at radius 2 is 1.73 bits per heavy atom. The van der Waals surface area contributed by atoms with Crippen molar-refractivity contribution in [1.82, 2.24) is 10.2 Å². The molecule has 0 radical (unpaired) electrons. The van der Waals surface area contributed by atoms with E-state index >= 15 is 0 Å². The van der Waals surface area contributed by atoms with E-state index in [-0.39, 0.29) is 17.6 Å². The first-order valence-corrected chi connectivity index (χ1v) is 9.80. The lowest BCUT2D eigenvalue weighted by Crippen LogP contribution is -2.65. The average Bonchev–Trinajstić information content (AvgIpc) is 2.45. The summed E-state index contributed by atoms with van der Waals surface area (Å²) in [5.74, 6) is 0.565. The fraction of sp³-hybridized carbons (Fsp3) is 0.900. The smallest absolute Gasteiger partial charge is 0.408 e. The summed E-state index contributed by atoms with van der Waals surface area (Å²) in [6.45, 7) is 14.8. The van der Waals surface area contributed by atoms with Crippen LogP contribution in [-0.2, 0) is 14.3 Å². The van der Waals surface area contributed by atoms with E-state index in [2.05, 4.69) is 12.2 Å². The molecule has 1 aliphatic carbocycles. The highest BCUT2D eigenvalue weighted by Gasteiger charge is 2.47. The predicted molar refractivity (Wildman–Crippen MR) is 101 cm³/mol. The van der Waals surface area contributed by atoms with E-state index in [1.807, 2.05) is 46.4 Å². The third-order valence-corrected chi connectivity index (χ3v) is 5.13. The molecule has 1 saturated heterocycles. The predicted octanol–water partition coefficient (Wildman–Crippen LogP) is 3.49. The van der Waals surface area contributed by atoms with E-state index in [1.165, 1.54) is 0 Å². The number of nitrogens with one attached hydrogen (secondary N) is 1. The van der Waals surface area contributed by atoms with Gasteiger partial charge in [-0.1, -0.05) is 6.92 Å². The minimum absolute atomic E-state index is 0.00140. The Hall–Kier alpha value is -1.30. The quantitative estimate of drug-likeness (QED) is 0.810. The van der Waals surface area contributed by atoms with Gasteiger partial charge in [-0.15, -0.1) is 0 Å². The van der Waals surface area contributed by atoms with Crippen LogP contribution in [0.3, 0.4) is 0 Å². The number of nitrogens with zero attached hydrogens (tertiary/aromatic N) is 1. The molecule has 1 aliphatic heterocycles. The maximum absolute atomic E-state index is 13.5. The van der Waals surface area contributed by atoms with Crippen molar-refractivity contribution in [2.45, 2.75) is 97.0 Å². The molecule has 1 saturated carbocycles. The van der Waals surface area contributed by atoms with E-state index in [0.717, 1.165) is 12.8 Å². The average molecular weight is 369 g/mol. The van der Waals surface area contributed by atoms with Gasteiger partial charge in [0.2, 0.25) is 5.91 Å². The normalized spacial score (nSPS) is 32.0. The molecule has 0 aromatic carbocycles. The molecule has 0 bridgehead atoms. The fourth-order valence-electron chi connectivity index (χ4n) is 4.06. The summed E-state index contributed by atoms with van der Waals surface area (Å²) in [5.41, 5.74) is -1.85. The lowest BCUT2D eigenvalue weighted by molar-refractivity contribution is -0.165. The summed E-state index contributed by atoms with van der Waals surface area (Å²) in [6, 6.07) is 0. The monoisotopic (exact) mass is 368 g/mol. The van der Waals surface area contributed by atoms with Crippen molar-refractivity contribution < 1.29 is 19.1 Å².